The summed E-state index contributed by atoms with van der Waals surface area (Å²) >= 11 is 1.83. The van der Waals surface area contributed by atoms with E-state index in [1.807, 2.05) is 29.5 Å². The molecular formula is C42H25NO2S. The fourth-order valence-electron chi connectivity index (χ4n) is 6.96. The van der Waals surface area contributed by atoms with Gasteiger partial charge in [0, 0.05) is 59.0 Å². The van der Waals surface area contributed by atoms with E-state index in [1.165, 1.54) is 20.2 Å². The van der Waals surface area contributed by atoms with Crippen LogP contribution in [0.1, 0.15) is 0 Å². The molecule has 0 spiro atoms. The molecule has 10 aromatic rings. The molecule has 0 aliphatic carbocycles. The topological polar surface area (TPSA) is 29.5 Å². The minimum absolute atomic E-state index is 0.848. The molecule has 0 aliphatic rings. The summed E-state index contributed by atoms with van der Waals surface area (Å²) < 4.78 is 15.9. The standard InChI is InChI=1S/C42H25NO2S/c1-2-10-26(11-3-1)29-14-8-15-33-34-16-9-17-36(42(34)45-41(29)33)43(27-21-23-40-35(24-27)32-13-5-7-19-39(32)46-40)28-20-22-31-30-12-4-6-18-37(30)44-38(31)25-28/h1-25H. The van der Waals surface area contributed by atoms with Crippen LogP contribution in [0.15, 0.2) is 160 Å². The minimum Gasteiger partial charge on any atom is -0.456 e. The maximum absolute atomic E-state index is 6.91. The maximum Gasteiger partial charge on any atom is 0.159 e. The van der Waals surface area contributed by atoms with Crippen molar-refractivity contribution >= 4 is 92.4 Å². The van der Waals surface area contributed by atoms with Gasteiger partial charge in [0.05, 0.1) is 11.4 Å². The fourth-order valence-corrected chi connectivity index (χ4v) is 8.05. The van der Waals surface area contributed by atoms with Crippen molar-refractivity contribution in [2.24, 2.45) is 0 Å². The van der Waals surface area contributed by atoms with Crippen molar-refractivity contribution in [3.05, 3.63) is 152 Å². The molecule has 216 valence electrons. The number of furan rings is 2. The summed E-state index contributed by atoms with van der Waals surface area (Å²) in [6.45, 7) is 0. The smallest absolute Gasteiger partial charge is 0.159 e. The van der Waals surface area contributed by atoms with Crippen molar-refractivity contribution in [3.63, 3.8) is 0 Å². The molecule has 0 aliphatic heterocycles. The van der Waals surface area contributed by atoms with E-state index in [0.29, 0.717) is 0 Å². The summed E-state index contributed by atoms with van der Waals surface area (Å²) in [5, 5.41) is 6.93. The van der Waals surface area contributed by atoms with E-state index < -0.39 is 0 Å². The zero-order valence-corrected chi connectivity index (χ0v) is 25.4. The van der Waals surface area contributed by atoms with Gasteiger partial charge < -0.3 is 13.7 Å². The van der Waals surface area contributed by atoms with E-state index in [9.17, 15) is 0 Å². The quantitative estimate of drug-likeness (QED) is 0.199. The van der Waals surface area contributed by atoms with Crippen molar-refractivity contribution in [2.75, 3.05) is 4.90 Å². The van der Waals surface area contributed by atoms with Crippen molar-refractivity contribution < 1.29 is 8.83 Å². The van der Waals surface area contributed by atoms with Gasteiger partial charge >= 0.3 is 0 Å². The maximum atomic E-state index is 6.91. The molecule has 46 heavy (non-hydrogen) atoms. The van der Waals surface area contributed by atoms with Crippen LogP contribution in [0, 0.1) is 0 Å². The number of fused-ring (bicyclic) bond motifs is 9. The molecule has 3 heterocycles. The number of nitrogens with zero attached hydrogens (tertiary/aromatic N) is 1. The number of hydrogen-bond acceptors (Lipinski definition) is 4. The largest absolute Gasteiger partial charge is 0.456 e. The molecule has 0 radical (unpaired) electrons. The number of anilines is 3. The van der Waals surface area contributed by atoms with E-state index in [-0.39, 0.29) is 0 Å². The number of para-hydroxylation sites is 3. The van der Waals surface area contributed by atoms with Crippen LogP contribution in [0.25, 0.3) is 75.2 Å². The van der Waals surface area contributed by atoms with E-state index >= 15 is 0 Å². The first-order valence-electron chi connectivity index (χ1n) is 15.4. The zero-order chi connectivity index (χ0) is 30.2. The molecule has 7 aromatic carbocycles. The molecule has 4 heteroatoms. The third-order valence-corrected chi connectivity index (χ3v) is 10.2. The summed E-state index contributed by atoms with van der Waals surface area (Å²) in [5.41, 5.74) is 8.74. The van der Waals surface area contributed by atoms with Gasteiger partial charge in [-0.05, 0) is 54.1 Å². The Kier molecular flexibility index (Phi) is 5.45. The van der Waals surface area contributed by atoms with Crippen molar-refractivity contribution in [1.29, 1.82) is 0 Å². The highest BCUT2D eigenvalue weighted by Crippen LogP contribution is 2.46. The normalized spacial score (nSPS) is 11.9. The monoisotopic (exact) mass is 607 g/mol. The SMILES string of the molecule is c1ccc(-c2cccc3c2oc2c(N(c4ccc5c(c4)oc4ccccc45)c4ccc5sc6ccccc6c5c4)cccc23)cc1. The lowest BCUT2D eigenvalue weighted by Crippen LogP contribution is -2.10. The van der Waals surface area contributed by atoms with Gasteiger partial charge in [-0.2, -0.15) is 0 Å². The van der Waals surface area contributed by atoms with Crippen LogP contribution >= 0.6 is 11.3 Å². The molecule has 3 nitrogen and oxygen atoms in total. The third-order valence-electron chi connectivity index (χ3n) is 9.07. The Labute approximate surface area is 268 Å². The molecule has 0 fully saturated rings. The van der Waals surface area contributed by atoms with Crippen molar-refractivity contribution in [1.82, 2.24) is 0 Å². The van der Waals surface area contributed by atoms with Gasteiger partial charge in [-0.15, -0.1) is 11.3 Å². The molecule has 0 saturated heterocycles. The number of thiophene rings is 1. The molecule has 0 amide bonds. The van der Waals surface area contributed by atoms with Crippen molar-refractivity contribution in [3.8, 4) is 11.1 Å². The van der Waals surface area contributed by atoms with E-state index in [2.05, 4.69) is 138 Å². The van der Waals surface area contributed by atoms with Crippen LogP contribution < -0.4 is 4.90 Å². The molecular weight excluding hydrogens is 583 g/mol. The van der Waals surface area contributed by atoms with E-state index in [4.69, 9.17) is 8.83 Å². The molecule has 0 atom stereocenters. The Balaban J connectivity index is 1.26. The first-order valence-corrected chi connectivity index (χ1v) is 16.2. The summed E-state index contributed by atoms with van der Waals surface area (Å²) in [6.07, 6.45) is 0. The second kappa shape index (κ2) is 9.83. The lowest BCUT2D eigenvalue weighted by molar-refractivity contribution is 0.668. The number of benzene rings is 7. The lowest BCUT2D eigenvalue weighted by Gasteiger charge is -2.25. The van der Waals surface area contributed by atoms with E-state index in [1.54, 1.807) is 0 Å². The van der Waals surface area contributed by atoms with E-state index in [0.717, 1.165) is 72.1 Å². The summed E-state index contributed by atoms with van der Waals surface area (Å²) in [4.78, 5) is 2.31. The number of hydrogen-bond donors (Lipinski definition) is 0. The van der Waals surface area contributed by atoms with Crippen LogP contribution in [0.5, 0.6) is 0 Å². The summed E-state index contributed by atoms with van der Waals surface area (Å²) in [5.74, 6) is 0. The Morgan fingerprint density at radius 3 is 2.00 bits per heavy atom. The Hall–Kier alpha value is -5.84. The average Bonchev–Trinajstić information content (AvgIpc) is 3.80. The molecule has 10 rings (SSSR count). The first-order chi connectivity index (χ1) is 22.8. The van der Waals surface area contributed by atoms with Gasteiger partial charge in [-0.25, -0.2) is 0 Å². The van der Waals surface area contributed by atoms with Gasteiger partial charge in [0.15, 0.2) is 5.58 Å². The van der Waals surface area contributed by atoms with Crippen molar-refractivity contribution in [2.45, 2.75) is 0 Å². The second-order valence-corrected chi connectivity index (χ2v) is 12.8. The summed E-state index contributed by atoms with van der Waals surface area (Å²) in [7, 11) is 0. The Morgan fingerprint density at radius 2 is 1.09 bits per heavy atom. The first kappa shape index (κ1) is 25.5. The highest BCUT2D eigenvalue weighted by atomic mass is 32.1. The van der Waals surface area contributed by atoms with Gasteiger partial charge in [0.2, 0.25) is 0 Å². The lowest BCUT2D eigenvalue weighted by atomic mass is 10.0. The predicted molar refractivity (Wildman–Crippen MR) is 194 cm³/mol. The third kappa shape index (κ3) is 3.77. The highest BCUT2D eigenvalue weighted by Gasteiger charge is 2.22. The van der Waals surface area contributed by atoms with Gasteiger partial charge in [0.1, 0.15) is 16.7 Å². The molecule has 0 unspecified atom stereocenters. The predicted octanol–water partition coefficient (Wildman–Crippen LogP) is 13.0. The minimum atomic E-state index is 0.848. The Morgan fingerprint density at radius 1 is 0.413 bits per heavy atom. The fraction of sp³-hybridized carbons (Fsp3) is 0. The van der Waals surface area contributed by atoms with Crippen LogP contribution in [-0.2, 0) is 0 Å². The zero-order valence-electron chi connectivity index (χ0n) is 24.6. The second-order valence-electron chi connectivity index (χ2n) is 11.7. The molecule has 0 bridgehead atoms. The van der Waals surface area contributed by atoms with Crippen LogP contribution in [0.3, 0.4) is 0 Å². The van der Waals surface area contributed by atoms with Crippen LogP contribution in [0.2, 0.25) is 0 Å². The number of rotatable bonds is 4. The summed E-state index contributed by atoms with van der Waals surface area (Å²) in [6, 6.07) is 53.5. The van der Waals surface area contributed by atoms with Gasteiger partial charge in [0.25, 0.3) is 0 Å². The van der Waals surface area contributed by atoms with Crippen LogP contribution in [0.4, 0.5) is 17.1 Å². The van der Waals surface area contributed by atoms with Gasteiger partial charge in [-0.1, -0.05) is 97.1 Å². The molecule has 3 aromatic heterocycles. The average molecular weight is 608 g/mol. The van der Waals surface area contributed by atoms with Gasteiger partial charge in [-0.3, -0.25) is 0 Å². The Bertz CT molecular complexity index is 2770. The molecule has 0 N–H and O–H groups in total. The highest BCUT2D eigenvalue weighted by molar-refractivity contribution is 7.25. The molecule has 0 saturated carbocycles. The van der Waals surface area contributed by atoms with Crippen LogP contribution in [-0.4, -0.2) is 0 Å².